The van der Waals surface area contributed by atoms with Gasteiger partial charge in [0.2, 0.25) is 11.8 Å². The summed E-state index contributed by atoms with van der Waals surface area (Å²) in [4.78, 5) is 30.0. The standard InChI is InChI=1S/C27H45N3O2/c1-18-4-8-23-20(16-18)6-9-24(28-23)21-5-7-22(19(2)17-21)25(31)29-12-14-30(15-13-29)26(32)27(3)10-11-27/h18-24,28H,4-17H2,1-3H3. The van der Waals surface area contributed by atoms with Crippen molar-refractivity contribution >= 4 is 11.8 Å². The fourth-order valence-corrected chi connectivity index (χ4v) is 7.48. The highest BCUT2D eigenvalue weighted by Gasteiger charge is 2.48. The summed E-state index contributed by atoms with van der Waals surface area (Å²) in [5, 5.41) is 4.07. The van der Waals surface area contributed by atoms with Crippen LogP contribution in [0.4, 0.5) is 0 Å². The molecule has 2 saturated heterocycles. The van der Waals surface area contributed by atoms with Gasteiger partial charge in [-0.05, 0) is 87.9 Å². The second-order valence-corrected chi connectivity index (χ2v) is 12.5. The summed E-state index contributed by atoms with van der Waals surface area (Å²) in [6.45, 7) is 9.71. The zero-order valence-corrected chi connectivity index (χ0v) is 20.7. The van der Waals surface area contributed by atoms with E-state index in [2.05, 4.69) is 31.0 Å². The Hall–Kier alpha value is -1.10. The molecule has 0 aromatic heterocycles. The lowest BCUT2D eigenvalue weighted by atomic mass is 9.67. The maximum atomic E-state index is 13.4. The van der Waals surface area contributed by atoms with Gasteiger partial charge < -0.3 is 15.1 Å². The van der Waals surface area contributed by atoms with Gasteiger partial charge in [-0.25, -0.2) is 0 Å². The van der Waals surface area contributed by atoms with Gasteiger partial charge in [0.05, 0.1) is 0 Å². The molecule has 0 bridgehead atoms. The predicted octanol–water partition coefficient (Wildman–Crippen LogP) is 4.07. The van der Waals surface area contributed by atoms with E-state index in [-0.39, 0.29) is 11.3 Å². The van der Waals surface area contributed by atoms with Gasteiger partial charge in [-0.1, -0.05) is 20.8 Å². The third-order valence-corrected chi connectivity index (χ3v) is 10.0. The lowest BCUT2D eigenvalue weighted by Gasteiger charge is -2.47. The van der Waals surface area contributed by atoms with E-state index in [4.69, 9.17) is 0 Å². The van der Waals surface area contributed by atoms with Crippen LogP contribution in [0.15, 0.2) is 0 Å². The number of piperidine rings is 1. The van der Waals surface area contributed by atoms with Crippen LogP contribution in [-0.4, -0.2) is 59.9 Å². The topological polar surface area (TPSA) is 52.7 Å². The summed E-state index contributed by atoms with van der Waals surface area (Å²) < 4.78 is 0. The quantitative estimate of drug-likeness (QED) is 0.715. The van der Waals surface area contributed by atoms with E-state index >= 15 is 0 Å². The molecule has 2 aliphatic heterocycles. The Morgan fingerprint density at radius 2 is 1.38 bits per heavy atom. The molecule has 7 unspecified atom stereocenters. The number of carbonyl (C=O) groups excluding carboxylic acids is 2. The van der Waals surface area contributed by atoms with Gasteiger partial charge in [-0.3, -0.25) is 9.59 Å². The van der Waals surface area contributed by atoms with Crippen LogP contribution in [-0.2, 0) is 9.59 Å². The molecule has 0 aromatic carbocycles. The van der Waals surface area contributed by atoms with Gasteiger partial charge in [0.1, 0.15) is 0 Å². The van der Waals surface area contributed by atoms with Crippen LogP contribution in [0.25, 0.3) is 0 Å². The number of carbonyl (C=O) groups is 2. The van der Waals surface area contributed by atoms with E-state index in [1.165, 1.54) is 44.9 Å². The minimum Gasteiger partial charge on any atom is -0.339 e. The van der Waals surface area contributed by atoms with Crippen molar-refractivity contribution in [2.45, 2.75) is 97.1 Å². The Labute approximate surface area is 195 Å². The molecule has 5 heteroatoms. The molecule has 2 heterocycles. The number of hydrogen-bond donors (Lipinski definition) is 1. The SMILES string of the molecule is CC1CCC2NC(C3CCC(C(=O)N4CCN(C(=O)C5(C)CC5)CC4)C(C)C3)CCC2C1. The molecule has 2 amide bonds. The van der Waals surface area contributed by atoms with Crippen molar-refractivity contribution < 1.29 is 9.59 Å². The highest BCUT2D eigenvalue weighted by Crippen LogP contribution is 2.47. The lowest BCUT2D eigenvalue weighted by Crippen LogP contribution is -2.55. The molecule has 5 aliphatic rings. The van der Waals surface area contributed by atoms with E-state index in [1.807, 2.05) is 4.90 Å². The van der Waals surface area contributed by atoms with E-state index < -0.39 is 0 Å². The van der Waals surface area contributed by atoms with Crippen molar-refractivity contribution in [1.82, 2.24) is 15.1 Å². The minimum absolute atomic E-state index is 0.0951. The molecule has 0 aromatic rings. The Kier molecular flexibility index (Phi) is 6.32. The molecule has 5 nitrogen and oxygen atoms in total. The summed E-state index contributed by atoms with van der Waals surface area (Å²) in [5.41, 5.74) is -0.0951. The van der Waals surface area contributed by atoms with Crippen LogP contribution in [0.2, 0.25) is 0 Å². The monoisotopic (exact) mass is 443 g/mol. The van der Waals surface area contributed by atoms with Crippen molar-refractivity contribution in [1.29, 1.82) is 0 Å². The Morgan fingerprint density at radius 3 is 2.03 bits per heavy atom. The molecule has 1 N–H and O–H groups in total. The van der Waals surface area contributed by atoms with Crippen LogP contribution in [0.5, 0.6) is 0 Å². The molecule has 0 radical (unpaired) electrons. The second-order valence-electron chi connectivity index (χ2n) is 12.5. The molecule has 0 spiro atoms. The molecule has 3 aliphatic carbocycles. The third-order valence-electron chi connectivity index (χ3n) is 10.0. The van der Waals surface area contributed by atoms with Crippen molar-refractivity contribution in [3.63, 3.8) is 0 Å². The number of fused-ring (bicyclic) bond motifs is 1. The summed E-state index contributed by atoms with van der Waals surface area (Å²) in [7, 11) is 0. The zero-order valence-electron chi connectivity index (χ0n) is 20.7. The van der Waals surface area contributed by atoms with E-state index in [1.54, 1.807) is 0 Å². The Bertz CT molecular complexity index is 712. The number of hydrogen-bond acceptors (Lipinski definition) is 3. The second kappa shape index (κ2) is 8.92. The fraction of sp³-hybridized carbons (Fsp3) is 0.926. The molecule has 7 atom stereocenters. The van der Waals surface area contributed by atoms with Crippen molar-refractivity contribution in [2.24, 2.45) is 35.0 Å². The largest absolute Gasteiger partial charge is 0.339 e. The number of nitrogens with zero attached hydrogens (tertiary/aromatic N) is 2. The van der Waals surface area contributed by atoms with Gasteiger partial charge >= 0.3 is 0 Å². The molecule has 5 rings (SSSR count). The molecule has 32 heavy (non-hydrogen) atoms. The Morgan fingerprint density at radius 1 is 0.781 bits per heavy atom. The smallest absolute Gasteiger partial charge is 0.228 e. The molecular weight excluding hydrogens is 398 g/mol. The predicted molar refractivity (Wildman–Crippen MR) is 127 cm³/mol. The lowest BCUT2D eigenvalue weighted by molar-refractivity contribution is -0.146. The molecule has 5 fully saturated rings. The van der Waals surface area contributed by atoms with Gasteiger partial charge in [-0.15, -0.1) is 0 Å². The van der Waals surface area contributed by atoms with Crippen LogP contribution in [0.3, 0.4) is 0 Å². The summed E-state index contributed by atoms with van der Waals surface area (Å²) in [6, 6.07) is 1.41. The normalized spacial score (nSPS) is 41.7. The summed E-state index contributed by atoms with van der Waals surface area (Å²) >= 11 is 0. The van der Waals surface area contributed by atoms with Crippen LogP contribution in [0.1, 0.15) is 85.0 Å². The zero-order chi connectivity index (χ0) is 22.5. The van der Waals surface area contributed by atoms with E-state index in [0.717, 1.165) is 69.2 Å². The summed E-state index contributed by atoms with van der Waals surface area (Å²) in [6.07, 6.45) is 12.4. The molecular formula is C27H45N3O2. The van der Waals surface area contributed by atoms with Crippen LogP contribution >= 0.6 is 0 Å². The van der Waals surface area contributed by atoms with Crippen molar-refractivity contribution in [2.75, 3.05) is 26.2 Å². The van der Waals surface area contributed by atoms with E-state index in [0.29, 0.717) is 23.8 Å². The number of piperazine rings is 1. The van der Waals surface area contributed by atoms with E-state index in [9.17, 15) is 9.59 Å². The maximum Gasteiger partial charge on any atom is 0.228 e. The van der Waals surface area contributed by atoms with Crippen LogP contribution < -0.4 is 5.32 Å². The first-order chi connectivity index (χ1) is 15.3. The van der Waals surface area contributed by atoms with Crippen LogP contribution in [0, 0.1) is 35.0 Å². The average Bonchev–Trinajstić information content (AvgIpc) is 3.56. The Balaban J connectivity index is 1.10. The third kappa shape index (κ3) is 4.48. The van der Waals surface area contributed by atoms with Crippen molar-refractivity contribution in [3.8, 4) is 0 Å². The number of amides is 2. The maximum absolute atomic E-state index is 13.4. The minimum atomic E-state index is -0.0951. The van der Waals surface area contributed by atoms with Gasteiger partial charge in [0, 0.05) is 49.6 Å². The van der Waals surface area contributed by atoms with Gasteiger partial charge in [0.25, 0.3) is 0 Å². The number of rotatable bonds is 3. The first-order valence-electron chi connectivity index (χ1n) is 13.7. The molecule has 180 valence electrons. The first kappa shape index (κ1) is 22.7. The van der Waals surface area contributed by atoms with Crippen molar-refractivity contribution in [3.05, 3.63) is 0 Å². The van der Waals surface area contributed by atoms with Gasteiger partial charge in [0.15, 0.2) is 0 Å². The fourth-order valence-electron chi connectivity index (χ4n) is 7.48. The average molecular weight is 444 g/mol. The number of nitrogens with one attached hydrogen (secondary N) is 1. The first-order valence-corrected chi connectivity index (χ1v) is 13.7. The summed E-state index contributed by atoms with van der Waals surface area (Å²) in [5.74, 6) is 3.87. The highest BCUT2D eigenvalue weighted by atomic mass is 16.2. The highest BCUT2D eigenvalue weighted by molar-refractivity contribution is 5.85. The van der Waals surface area contributed by atoms with Gasteiger partial charge in [-0.2, -0.15) is 0 Å². The molecule has 3 saturated carbocycles.